The number of benzene rings is 2. The molecule has 1 saturated heterocycles. The number of hydrogen-bond donors (Lipinski definition) is 1. The van der Waals surface area contributed by atoms with Gasteiger partial charge in [-0.2, -0.15) is 0 Å². The maximum atomic E-state index is 12.5. The number of nitro benzene ring substituents is 1. The molecular weight excluding hydrogens is 417 g/mol. The van der Waals surface area contributed by atoms with E-state index in [0.29, 0.717) is 31.9 Å². The Morgan fingerprint density at radius 3 is 2.45 bits per heavy atom. The highest BCUT2D eigenvalue weighted by molar-refractivity contribution is 5.62. The summed E-state index contributed by atoms with van der Waals surface area (Å²) in [5.41, 5.74) is 1.05. The third-order valence-corrected chi connectivity index (χ3v) is 4.94. The van der Waals surface area contributed by atoms with Gasteiger partial charge in [-0.1, -0.05) is 12.1 Å². The van der Waals surface area contributed by atoms with Gasteiger partial charge in [-0.25, -0.2) is 0 Å². The Labute approximate surface area is 177 Å². The lowest BCUT2D eigenvalue weighted by molar-refractivity contribution is -0.384. The molecule has 0 bridgehead atoms. The first-order valence-corrected chi connectivity index (χ1v) is 9.65. The van der Waals surface area contributed by atoms with Crippen molar-refractivity contribution in [3.8, 4) is 11.5 Å². The summed E-state index contributed by atoms with van der Waals surface area (Å²) in [6.45, 7) is 3.97. The molecule has 1 aliphatic heterocycles. The van der Waals surface area contributed by atoms with Gasteiger partial charge < -0.3 is 19.7 Å². The average molecular weight is 440 g/mol. The molecule has 0 aromatic heterocycles. The smallest absolute Gasteiger partial charge is 0.494 e. The van der Waals surface area contributed by atoms with E-state index in [1.54, 1.807) is 18.2 Å². The Hall–Kier alpha value is -3.21. The van der Waals surface area contributed by atoms with Crippen molar-refractivity contribution in [3.63, 3.8) is 0 Å². The van der Waals surface area contributed by atoms with E-state index in [1.807, 2.05) is 0 Å². The van der Waals surface area contributed by atoms with Crippen molar-refractivity contribution in [2.24, 2.45) is 0 Å². The van der Waals surface area contributed by atoms with Crippen LogP contribution in [0.4, 0.5) is 30.2 Å². The standard InChI is InChI=1S/C20H23F3N4O4/c1-30-19-14-15(27(28)29)6-7-17(19)26-12-10-25(11-13-26)9-8-24-16-4-2-3-5-18(16)31-20(21,22)23/h2-7,14,24H,8-13H2,1H3. The number of non-ortho nitro benzene ring substituents is 1. The number of hydrogen-bond acceptors (Lipinski definition) is 7. The van der Waals surface area contributed by atoms with Crippen LogP contribution in [0.3, 0.4) is 0 Å². The van der Waals surface area contributed by atoms with Crippen molar-refractivity contribution in [3.05, 3.63) is 52.6 Å². The molecule has 3 rings (SSSR count). The number of nitrogens with zero attached hydrogens (tertiary/aromatic N) is 3. The van der Waals surface area contributed by atoms with Crippen molar-refractivity contribution in [1.29, 1.82) is 0 Å². The van der Waals surface area contributed by atoms with Gasteiger partial charge in [0.05, 0.1) is 29.5 Å². The zero-order valence-corrected chi connectivity index (χ0v) is 16.9. The predicted molar refractivity (Wildman–Crippen MR) is 110 cm³/mol. The summed E-state index contributed by atoms with van der Waals surface area (Å²) in [5, 5.41) is 13.9. The molecule has 31 heavy (non-hydrogen) atoms. The van der Waals surface area contributed by atoms with Crippen LogP contribution in [-0.4, -0.2) is 62.6 Å². The minimum absolute atomic E-state index is 0.0277. The molecule has 1 aliphatic rings. The van der Waals surface area contributed by atoms with E-state index in [4.69, 9.17) is 4.74 Å². The van der Waals surface area contributed by atoms with E-state index in [2.05, 4.69) is 19.9 Å². The molecule has 2 aromatic rings. The van der Waals surface area contributed by atoms with Crippen LogP contribution >= 0.6 is 0 Å². The fourth-order valence-corrected chi connectivity index (χ4v) is 3.43. The van der Waals surface area contributed by atoms with Crippen molar-refractivity contribution in [2.75, 3.05) is 56.6 Å². The first kappa shape index (κ1) is 22.5. The molecule has 0 aliphatic carbocycles. The molecule has 8 nitrogen and oxygen atoms in total. The number of anilines is 2. The van der Waals surface area contributed by atoms with Crippen molar-refractivity contribution < 1.29 is 27.6 Å². The number of para-hydroxylation sites is 2. The Bertz CT molecular complexity index is 902. The van der Waals surface area contributed by atoms with Crippen LogP contribution in [0.15, 0.2) is 42.5 Å². The molecule has 0 amide bonds. The second-order valence-electron chi connectivity index (χ2n) is 6.91. The molecule has 0 saturated carbocycles. The predicted octanol–water partition coefficient (Wildman–Crippen LogP) is 3.74. The Morgan fingerprint density at radius 1 is 1.10 bits per heavy atom. The summed E-state index contributed by atoms with van der Waals surface area (Å²) in [7, 11) is 1.48. The van der Waals surface area contributed by atoms with Gasteiger partial charge in [0.2, 0.25) is 0 Å². The van der Waals surface area contributed by atoms with Gasteiger partial charge >= 0.3 is 6.36 Å². The molecule has 11 heteroatoms. The highest BCUT2D eigenvalue weighted by Crippen LogP contribution is 2.33. The molecule has 2 aromatic carbocycles. The molecule has 168 valence electrons. The molecule has 1 N–H and O–H groups in total. The monoisotopic (exact) mass is 440 g/mol. The fraction of sp³-hybridized carbons (Fsp3) is 0.400. The Balaban J connectivity index is 1.51. The molecule has 0 unspecified atom stereocenters. The average Bonchev–Trinajstić information content (AvgIpc) is 2.74. The number of ether oxygens (including phenoxy) is 2. The number of alkyl halides is 3. The van der Waals surface area contributed by atoms with E-state index in [-0.39, 0.29) is 17.1 Å². The summed E-state index contributed by atoms with van der Waals surface area (Å²) in [5.74, 6) is 0.190. The van der Waals surface area contributed by atoms with Crippen molar-refractivity contribution in [2.45, 2.75) is 6.36 Å². The second kappa shape index (κ2) is 9.73. The quantitative estimate of drug-likeness (QED) is 0.495. The highest BCUT2D eigenvalue weighted by atomic mass is 19.4. The van der Waals surface area contributed by atoms with Gasteiger partial charge in [0.1, 0.15) is 5.75 Å². The maximum absolute atomic E-state index is 12.5. The third-order valence-electron chi connectivity index (χ3n) is 4.94. The number of halogens is 3. The maximum Gasteiger partial charge on any atom is 0.573 e. The Morgan fingerprint density at radius 2 is 1.81 bits per heavy atom. The van der Waals surface area contributed by atoms with Crippen LogP contribution in [0.25, 0.3) is 0 Å². The van der Waals surface area contributed by atoms with E-state index >= 15 is 0 Å². The molecule has 0 spiro atoms. The first-order chi connectivity index (χ1) is 14.8. The van der Waals surface area contributed by atoms with Crippen LogP contribution in [0.5, 0.6) is 11.5 Å². The van der Waals surface area contributed by atoms with E-state index < -0.39 is 11.3 Å². The van der Waals surface area contributed by atoms with Crippen LogP contribution in [0.1, 0.15) is 0 Å². The highest BCUT2D eigenvalue weighted by Gasteiger charge is 2.32. The van der Waals surface area contributed by atoms with Gasteiger partial charge in [-0.05, 0) is 18.2 Å². The third kappa shape index (κ3) is 6.14. The van der Waals surface area contributed by atoms with Gasteiger partial charge in [0, 0.05) is 45.3 Å². The fourth-order valence-electron chi connectivity index (χ4n) is 3.43. The zero-order chi connectivity index (χ0) is 22.4. The summed E-state index contributed by atoms with van der Waals surface area (Å²) in [4.78, 5) is 14.8. The van der Waals surface area contributed by atoms with Crippen molar-refractivity contribution >= 4 is 17.1 Å². The number of piperazine rings is 1. The SMILES string of the molecule is COc1cc([N+](=O)[O-])ccc1N1CCN(CCNc2ccccc2OC(F)(F)F)CC1. The molecule has 1 fully saturated rings. The molecule has 1 heterocycles. The van der Waals surface area contributed by atoms with Gasteiger partial charge in [0.15, 0.2) is 5.75 Å². The number of nitrogens with one attached hydrogen (secondary N) is 1. The molecular formula is C20H23F3N4O4. The normalized spacial score (nSPS) is 14.9. The Kier molecular flexibility index (Phi) is 7.06. The lowest BCUT2D eigenvalue weighted by atomic mass is 10.2. The van der Waals surface area contributed by atoms with E-state index in [9.17, 15) is 23.3 Å². The van der Waals surface area contributed by atoms with Crippen LogP contribution < -0.4 is 19.7 Å². The van der Waals surface area contributed by atoms with Crippen LogP contribution in [0.2, 0.25) is 0 Å². The van der Waals surface area contributed by atoms with Gasteiger partial charge in [-0.3, -0.25) is 15.0 Å². The molecule has 0 atom stereocenters. The molecule has 0 radical (unpaired) electrons. The number of methoxy groups -OCH3 is 1. The number of rotatable bonds is 8. The van der Waals surface area contributed by atoms with Crippen LogP contribution in [-0.2, 0) is 0 Å². The minimum atomic E-state index is -4.74. The topological polar surface area (TPSA) is 80.1 Å². The minimum Gasteiger partial charge on any atom is -0.494 e. The van der Waals surface area contributed by atoms with E-state index in [1.165, 1.54) is 31.4 Å². The van der Waals surface area contributed by atoms with Crippen molar-refractivity contribution in [1.82, 2.24) is 4.90 Å². The largest absolute Gasteiger partial charge is 0.573 e. The van der Waals surface area contributed by atoms with Gasteiger partial charge in [0.25, 0.3) is 5.69 Å². The summed E-state index contributed by atoms with van der Waals surface area (Å²) < 4.78 is 46.9. The van der Waals surface area contributed by atoms with Crippen LogP contribution in [0, 0.1) is 10.1 Å². The van der Waals surface area contributed by atoms with E-state index in [0.717, 1.165) is 18.8 Å². The summed E-state index contributed by atoms with van der Waals surface area (Å²) in [6.07, 6.45) is -4.74. The van der Waals surface area contributed by atoms with Gasteiger partial charge in [-0.15, -0.1) is 13.2 Å². The summed E-state index contributed by atoms with van der Waals surface area (Å²) in [6, 6.07) is 10.5. The summed E-state index contributed by atoms with van der Waals surface area (Å²) >= 11 is 0. The second-order valence-corrected chi connectivity index (χ2v) is 6.91. The first-order valence-electron chi connectivity index (χ1n) is 9.65. The number of nitro groups is 1. The lowest BCUT2D eigenvalue weighted by Gasteiger charge is -2.36. The lowest BCUT2D eigenvalue weighted by Crippen LogP contribution is -2.47. The zero-order valence-electron chi connectivity index (χ0n) is 16.9.